The summed E-state index contributed by atoms with van der Waals surface area (Å²) in [4.78, 5) is 0. The van der Waals surface area contributed by atoms with Gasteiger partial charge in [0.15, 0.2) is 11.6 Å². The van der Waals surface area contributed by atoms with Gasteiger partial charge >= 0.3 is 0 Å². The highest BCUT2D eigenvalue weighted by Crippen LogP contribution is 2.19. The normalized spacial score (nSPS) is 10.2. The molecule has 0 bridgehead atoms. The van der Waals surface area contributed by atoms with Gasteiger partial charge in [-0.2, -0.15) is 0 Å². The standard InChI is InChI=1S/C16H18FNO3/c1-19-13-3-5-14(6-4-13)20-8-9-21-16-7-2-12(11-18)10-15(16)17/h2-7,10H,8-9,11,18H2,1H3. The second kappa shape index (κ2) is 7.50. The van der Waals surface area contributed by atoms with Crippen molar-refractivity contribution in [3.05, 3.63) is 53.8 Å². The lowest BCUT2D eigenvalue weighted by Crippen LogP contribution is -2.10. The fourth-order valence-electron chi connectivity index (χ4n) is 1.77. The number of methoxy groups -OCH3 is 1. The van der Waals surface area contributed by atoms with Crippen molar-refractivity contribution in [2.24, 2.45) is 5.73 Å². The summed E-state index contributed by atoms with van der Waals surface area (Å²) in [7, 11) is 1.61. The Kier molecular flexibility index (Phi) is 5.40. The van der Waals surface area contributed by atoms with Gasteiger partial charge in [0.1, 0.15) is 24.7 Å². The number of benzene rings is 2. The van der Waals surface area contributed by atoms with Crippen molar-refractivity contribution in [2.75, 3.05) is 20.3 Å². The number of rotatable bonds is 7. The first kappa shape index (κ1) is 15.1. The van der Waals surface area contributed by atoms with Crippen LogP contribution in [0.4, 0.5) is 4.39 Å². The Morgan fingerprint density at radius 3 is 2.24 bits per heavy atom. The summed E-state index contributed by atoms with van der Waals surface area (Å²) in [6.45, 7) is 0.882. The van der Waals surface area contributed by atoms with Crippen LogP contribution in [0.3, 0.4) is 0 Å². The third-order valence-electron chi connectivity index (χ3n) is 2.90. The van der Waals surface area contributed by atoms with Crippen LogP contribution in [0.25, 0.3) is 0 Å². The summed E-state index contributed by atoms with van der Waals surface area (Å²) in [5, 5.41) is 0. The Morgan fingerprint density at radius 2 is 1.62 bits per heavy atom. The predicted molar refractivity (Wildman–Crippen MR) is 78.3 cm³/mol. The molecule has 2 aromatic rings. The molecular formula is C16H18FNO3. The SMILES string of the molecule is COc1ccc(OCCOc2ccc(CN)cc2F)cc1. The van der Waals surface area contributed by atoms with E-state index in [1.165, 1.54) is 6.07 Å². The summed E-state index contributed by atoms with van der Waals surface area (Å²) in [6.07, 6.45) is 0. The molecular weight excluding hydrogens is 273 g/mol. The van der Waals surface area contributed by atoms with Gasteiger partial charge in [-0.15, -0.1) is 0 Å². The smallest absolute Gasteiger partial charge is 0.165 e. The van der Waals surface area contributed by atoms with Crippen LogP contribution in [0, 0.1) is 5.82 Å². The summed E-state index contributed by atoms with van der Waals surface area (Å²) in [5.74, 6) is 1.26. The lowest BCUT2D eigenvalue weighted by atomic mass is 10.2. The second-order valence-electron chi connectivity index (χ2n) is 4.34. The van der Waals surface area contributed by atoms with Crippen molar-refractivity contribution >= 4 is 0 Å². The highest BCUT2D eigenvalue weighted by Gasteiger charge is 2.04. The third-order valence-corrected chi connectivity index (χ3v) is 2.90. The molecule has 0 radical (unpaired) electrons. The largest absolute Gasteiger partial charge is 0.497 e. The van der Waals surface area contributed by atoms with E-state index in [1.54, 1.807) is 43.5 Å². The summed E-state index contributed by atoms with van der Waals surface area (Å²) >= 11 is 0. The van der Waals surface area contributed by atoms with Crippen molar-refractivity contribution in [3.8, 4) is 17.2 Å². The average Bonchev–Trinajstić information content (AvgIpc) is 2.53. The summed E-state index contributed by atoms with van der Waals surface area (Å²) < 4.78 is 29.5. The maximum Gasteiger partial charge on any atom is 0.165 e. The Labute approximate surface area is 123 Å². The average molecular weight is 291 g/mol. The maximum atomic E-state index is 13.6. The van der Waals surface area contributed by atoms with E-state index in [9.17, 15) is 4.39 Å². The fourth-order valence-corrected chi connectivity index (χ4v) is 1.77. The Morgan fingerprint density at radius 1 is 0.952 bits per heavy atom. The first-order valence-electron chi connectivity index (χ1n) is 6.61. The molecule has 0 heterocycles. The van der Waals surface area contributed by atoms with Crippen LogP contribution in [0.1, 0.15) is 5.56 Å². The molecule has 2 aromatic carbocycles. The van der Waals surface area contributed by atoms with Crippen LogP contribution in [0.5, 0.6) is 17.2 Å². The van der Waals surface area contributed by atoms with Crippen molar-refractivity contribution in [1.29, 1.82) is 0 Å². The van der Waals surface area contributed by atoms with Gasteiger partial charge in [0.25, 0.3) is 0 Å². The Hall–Kier alpha value is -2.27. The molecule has 2 rings (SSSR count). The van der Waals surface area contributed by atoms with Crippen LogP contribution in [-0.2, 0) is 6.54 Å². The lowest BCUT2D eigenvalue weighted by molar-refractivity contribution is 0.211. The van der Waals surface area contributed by atoms with Crippen molar-refractivity contribution < 1.29 is 18.6 Å². The van der Waals surface area contributed by atoms with Gasteiger partial charge in [-0.25, -0.2) is 4.39 Å². The van der Waals surface area contributed by atoms with E-state index in [0.29, 0.717) is 18.9 Å². The molecule has 0 spiro atoms. The minimum Gasteiger partial charge on any atom is -0.497 e. The first-order chi connectivity index (χ1) is 10.2. The molecule has 0 aliphatic rings. The van der Waals surface area contributed by atoms with Gasteiger partial charge in [-0.05, 0) is 42.0 Å². The molecule has 0 atom stereocenters. The monoisotopic (exact) mass is 291 g/mol. The molecule has 0 saturated heterocycles. The van der Waals surface area contributed by atoms with Crippen LogP contribution in [-0.4, -0.2) is 20.3 Å². The molecule has 2 N–H and O–H groups in total. The van der Waals surface area contributed by atoms with E-state index in [4.69, 9.17) is 19.9 Å². The van der Waals surface area contributed by atoms with E-state index in [2.05, 4.69) is 0 Å². The number of nitrogens with two attached hydrogens (primary N) is 1. The third kappa shape index (κ3) is 4.36. The minimum absolute atomic E-state index is 0.200. The predicted octanol–water partition coefficient (Wildman–Crippen LogP) is 2.75. The van der Waals surface area contributed by atoms with Gasteiger partial charge < -0.3 is 19.9 Å². The molecule has 0 aliphatic carbocycles. The number of hydrogen-bond acceptors (Lipinski definition) is 4. The zero-order valence-electron chi connectivity index (χ0n) is 11.8. The molecule has 0 aromatic heterocycles. The molecule has 4 nitrogen and oxygen atoms in total. The topological polar surface area (TPSA) is 53.7 Å². The molecule has 0 saturated carbocycles. The highest BCUT2D eigenvalue weighted by atomic mass is 19.1. The van der Waals surface area contributed by atoms with Gasteiger partial charge in [-0.1, -0.05) is 6.07 Å². The van der Waals surface area contributed by atoms with E-state index in [1.807, 2.05) is 0 Å². The Balaban J connectivity index is 1.78. The minimum atomic E-state index is -0.414. The van der Waals surface area contributed by atoms with Crippen molar-refractivity contribution in [1.82, 2.24) is 0 Å². The maximum absolute atomic E-state index is 13.6. The first-order valence-corrected chi connectivity index (χ1v) is 6.61. The van der Waals surface area contributed by atoms with Gasteiger partial charge in [-0.3, -0.25) is 0 Å². The zero-order valence-corrected chi connectivity index (χ0v) is 11.8. The molecule has 5 heteroatoms. The van der Waals surface area contributed by atoms with Crippen LogP contribution < -0.4 is 19.9 Å². The summed E-state index contributed by atoms with van der Waals surface area (Å²) in [5.41, 5.74) is 6.17. The molecule has 0 unspecified atom stereocenters. The quantitative estimate of drug-likeness (QED) is 0.797. The number of ether oxygens (including phenoxy) is 3. The molecule has 112 valence electrons. The van der Waals surface area contributed by atoms with Crippen LogP contribution in [0.2, 0.25) is 0 Å². The van der Waals surface area contributed by atoms with Gasteiger partial charge in [0.2, 0.25) is 0 Å². The highest BCUT2D eigenvalue weighted by molar-refractivity contribution is 5.31. The molecule has 0 aliphatic heterocycles. The van der Waals surface area contributed by atoms with Crippen LogP contribution in [0.15, 0.2) is 42.5 Å². The van der Waals surface area contributed by atoms with Gasteiger partial charge in [0.05, 0.1) is 7.11 Å². The molecule has 21 heavy (non-hydrogen) atoms. The zero-order chi connectivity index (χ0) is 15.1. The second-order valence-corrected chi connectivity index (χ2v) is 4.34. The Bertz CT molecular complexity index is 572. The fraction of sp³-hybridized carbons (Fsp3) is 0.250. The van der Waals surface area contributed by atoms with E-state index in [0.717, 1.165) is 11.3 Å². The lowest BCUT2D eigenvalue weighted by Gasteiger charge is -2.10. The van der Waals surface area contributed by atoms with E-state index < -0.39 is 5.82 Å². The molecule has 0 amide bonds. The molecule has 0 fully saturated rings. The van der Waals surface area contributed by atoms with Crippen molar-refractivity contribution in [2.45, 2.75) is 6.54 Å². The van der Waals surface area contributed by atoms with E-state index in [-0.39, 0.29) is 12.4 Å². The number of halogens is 1. The summed E-state index contributed by atoms with van der Waals surface area (Å²) in [6, 6.07) is 11.9. The number of hydrogen-bond donors (Lipinski definition) is 1. The van der Waals surface area contributed by atoms with E-state index >= 15 is 0 Å². The van der Waals surface area contributed by atoms with Gasteiger partial charge in [0, 0.05) is 6.54 Å². The van der Waals surface area contributed by atoms with Crippen LogP contribution >= 0.6 is 0 Å². The van der Waals surface area contributed by atoms with Crippen molar-refractivity contribution in [3.63, 3.8) is 0 Å².